The van der Waals surface area contributed by atoms with E-state index in [4.69, 9.17) is 4.74 Å². The van der Waals surface area contributed by atoms with Gasteiger partial charge in [-0.2, -0.15) is 0 Å². The third-order valence-electron chi connectivity index (χ3n) is 19.1. The van der Waals surface area contributed by atoms with Crippen molar-refractivity contribution in [2.45, 2.75) is 463 Å². The van der Waals surface area contributed by atoms with Gasteiger partial charge >= 0.3 is 5.97 Å². The summed E-state index contributed by atoms with van der Waals surface area (Å²) < 4.78 is 5.51. The average molecular weight is 1260 g/mol. The van der Waals surface area contributed by atoms with Crippen molar-refractivity contribution < 1.29 is 24.5 Å². The molecular weight excluding hydrogens is 1100 g/mol. The van der Waals surface area contributed by atoms with Crippen LogP contribution in [-0.2, 0) is 14.3 Å². The topological polar surface area (TPSA) is 95.9 Å². The molecule has 3 N–H and O–H groups in total. The second-order valence-corrected chi connectivity index (χ2v) is 28.1. The SMILES string of the molecule is CCCCCCCC/C=C\CCCCCCCCCC(=O)OCCCCCCCCCCCCC/C=C\C/C=C\CCCCCCCCCCCCCCCCCCCC(=O)NC(CO)C(O)/C=C/CCCCCCCCCCCCCCCCCCCCC. The predicted octanol–water partition coefficient (Wildman–Crippen LogP) is 27.2. The van der Waals surface area contributed by atoms with Gasteiger partial charge in [0.2, 0.25) is 5.91 Å². The van der Waals surface area contributed by atoms with E-state index in [9.17, 15) is 19.8 Å². The molecule has 2 unspecified atom stereocenters. The lowest BCUT2D eigenvalue weighted by Crippen LogP contribution is -2.45. The Hall–Kier alpha value is -2.18. The maximum atomic E-state index is 12.5. The van der Waals surface area contributed by atoms with Crippen LogP contribution in [0.15, 0.2) is 48.6 Å². The molecule has 0 aromatic heterocycles. The van der Waals surface area contributed by atoms with Crippen LogP contribution >= 0.6 is 0 Å². The van der Waals surface area contributed by atoms with Gasteiger partial charge in [0, 0.05) is 12.8 Å². The second kappa shape index (κ2) is 79.3. The summed E-state index contributed by atoms with van der Waals surface area (Å²) in [6, 6.07) is -0.628. The van der Waals surface area contributed by atoms with Gasteiger partial charge in [-0.25, -0.2) is 0 Å². The van der Waals surface area contributed by atoms with E-state index in [1.807, 2.05) is 6.08 Å². The first-order valence-corrected chi connectivity index (χ1v) is 40.9. The molecule has 0 spiro atoms. The van der Waals surface area contributed by atoms with Crippen molar-refractivity contribution >= 4 is 11.9 Å². The van der Waals surface area contributed by atoms with E-state index in [0.29, 0.717) is 19.4 Å². The van der Waals surface area contributed by atoms with E-state index < -0.39 is 12.1 Å². The van der Waals surface area contributed by atoms with Crippen molar-refractivity contribution in [3.63, 3.8) is 0 Å². The Balaban J connectivity index is 3.39. The fourth-order valence-electron chi connectivity index (χ4n) is 12.8. The highest BCUT2D eigenvalue weighted by Crippen LogP contribution is 2.19. The van der Waals surface area contributed by atoms with E-state index in [2.05, 4.69) is 55.6 Å². The molecule has 2 atom stereocenters. The van der Waals surface area contributed by atoms with Gasteiger partial charge in [-0.1, -0.05) is 396 Å². The molecule has 0 radical (unpaired) electrons. The zero-order chi connectivity index (χ0) is 64.9. The van der Waals surface area contributed by atoms with Crippen LogP contribution in [0, 0.1) is 0 Å². The smallest absolute Gasteiger partial charge is 0.305 e. The normalized spacial score (nSPS) is 12.7. The van der Waals surface area contributed by atoms with E-state index in [0.717, 1.165) is 51.4 Å². The molecule has 6 heteroatoms. The van der Waals surface area contributed by atoms with Crippen molar-refractivity contribution in [2.24, 2.45) is 0 Å². The number of rotatable bonds is 77. The fraction of sp³-hybridized carbons (Fsp3) is 0.881. The summed E-state index contributed by atoms with van der Waals surface area (Å²) in [6.07, 6.45) is 105. The molecule has 0 aliphatic rings. The molecule has 0 saturated carbocycles. The minimum Gasteiger partial charge on any atom is -0.466 e. The Morgan fingerprint density at radius 1 is 0.311 bits per heavy atom. The van der Waals surface area contributed by atoms with Gasteiger partial charge in [-0.15, -0.1) is 0 Å². The fourth-order valence-corrected chi connectivity index (χ4v) is 12.8. The van der Waals surface area contributed by atoms with Gasteiger partial charge in [0.15, 0.2) is 0 Å². The zero-order valence-corrected chi connectivity index (χ0v) is 60.9. The summed E-state index contributed by atoms with van der Waals surface area (Å²) in [6.45, 7) is 4.94. The Labute approximate surface area is 563 Å². The summed E-state index contributed by atoms with van der Waals surface area (Å²) >= 11 is 0. The Bertz CT molecular complexity index is 1500. The van der Waals surface area contributed by atoms with E-state index in [1.54, 1.807) is 6.08 Å². The van der Waals surface area contributed by atoms with Gasteiger partial charge in [0.1, 0.15) is 0 Å². The van der Waals surface area contributed by atoms with Crippen LogP contribution in [0.5, 0.6) is 0 Å². The molecule has 530 valence electrons. The molecule has 0 aromatic rings. The number of unbranched alkanes of at least 4 members (excludes halogenated alkanes) is 60. The number of hydrogen-bond donors (Lipinski definition) is 3. The minimum absolute atomic E-state index is 0.0138. The van der Waals surface area contributed by atoms with Crippen LogP contribution in [0.3, 0.4) is 0 Å². The van der Waals surface area contributed by atoms with Crippen LogP contribution in [0.25, 0.3) is 0 Å². The summed E-state index contributed by atoms with van der Waals surface area (Å²) in [5.74, 6) is -0.0476. The maximum absolute atomic E-state index is 12.5. The van der Waals surface area contributed by atoms with E-state index in [-0.39, 0.29) is 18.5 Å². The highest BCUT2D eigenvalue weighted by Gasteiger charge is 2.18. The third-order valence-corrected chi connectivity index (χ3v) is 19.1. The first-order valence-electron chi connectivity index (χ1n) is 40.9. The summed E-state index contributed by atoms with van der Waals surface area (Å²) in [4.78, 5) is 24.7. The molecule has 0 fully saturated rings. The number of allylic oxidation sites excluding steroid dienone is 7. The number of nitrogens with one attached hydrogen (secondary N) is 1. The summed E-state index contributed by atoms with van der Waals surface area (Å²) in [5.41, 5.74) is 0. The van der Waals surface area contributed by atoms with Crippen LogP contribution in [0.4, 0.5) is 0 Å². The number of ether oxygens (including phenoxy) is 1. The Morgan fingerprint density at radius 2 is 0.556 bits per heavy atom. The monoisotopic (exact) mass is 1260 g/mol. The van der Waals surface area contributed by atoms with Gasteiger partial charge < -0.3 is 20.3 Å². The van der Waals surface area contributed by atoms with Crippen molar-refractivity contribution in [1.29, 1.82) is 0 Å². The number of carbonyl (C=O) groups excluding carboxylic acids is 2. The lowest BCUT2D eigenvalue weighted by molar-refractivity contribution is -0.143. The average Bonchev–Trinajstić information content (AvgIpc) is 3.67. The molecule has 0 rings (SSSR count). The summed E-state index contributed by atoms with van der Waals surface area (Å²) in [5, 5.41) is 23.3. The molecule has 0 heterocycles. The number of amides is 1. The number of esters is 1. The third kappa shape index (κ3) is 74.9. The van der Waals surface area contributed by atoms with Crippen LogP contribution < -0.4 is 5.32 Å². The molecule has 0 aliphatic carbocycles. The lowest BCUT2D eigenvalue weighted by atomic mass is 10.0. The van der Waals surface area contributed by atoms with Crippen LogP contribution in [0.1, 0.15) is 450 Å². The molecule has 90 heavy (non-hydrogen) atoms. The van der Waals surface area contributed by atoms with Crippen molar-refractivity contribution in [2.75, 3.05) is 13.2 Å². The van der Waals surface area contributed by atoms with Gasteiger partial charge in [-0.05, 0) is 89.9 Å². The maximum Gasteiger partial charge on any atom is 0.305 e. The van der Waals surface area contributed by atoms with Gasteiger partial charge in [0.05, 0.1) is 25.4 Å². The van der Waals surface area contributed by atoms with Crippen LogP contribution in [0.2, 0.25) is 0 Å². The largest absolute Gasteiger partial charge is 0.466 e. The van der Waals surface area contributed by atoms with Crippen LogP contribution in [-0.4, -0.2) is 47.4 Å². The predicted molar refractivity (Wildman–Crippen MR) is 398 cm³/mol. The number of carbonyl (C=O) groups is 2. The Kier molecular flexibility index (Phi) is 77.3. The minimum atomic E-state index is -0.845. The molecule has 0 bridgehead atoms. The molecule has 0 aromatic carbocycles. The second-order valence-electron chi connectivity index (χ2n) is 28.1. The highest BCUT2D eigenvalue weighted by atomic mass is 16.5. The molecule has 1 amide bonds. The standard InChI is InChI=1S/C84H159NO5/c1-3-5-7-9-11-13-15-17-19-21-22-38-41-45-48-52-56-60-64-68-72-76-82(87)81(80-86)85-83(88)77-73-69-65-61-57-53-49-46-42-39-36-34-32-30-28-26-24-23-25-27-29-31-33-35-37-40-43-47-51-55-59-63-67-71-75-79-90-84(89)78-74-70-66-62-58-54-50-44-20-18-16-14-12-10-8-6-4-2/h18,20,25,27,31,33,72,76,81-82,86-87H,3-17,19,21-24,26,28-30,32,34-71,73-75,77-80H2,1-2H3,(H,85,88)/b20-18-,27-25-,33-31-,76-72+. The summed E-state index contributed by atoms with van der Waals surface area (Å²) in [7, 11) is 0. The quantitative estimate of drug-likeness (QED) is 0.0320. The Morgan fingerprint density at radius 3 is 0.856 bits per heavy atom. The van der Waals surface area contributed by atoms with Gasteiger partial charge in [0.25, 0.3) is 0 Å². The van der Waals surface area contributed by atoms with Gasteiger partial charge in [-0.3, -0.25) is 9.59 Å². The first kappa shape index (κ1) is 87.8. The highest BCUT2D eigenvalue weighted by molar-refractivity contribution is 5.76. The van der Waals surface area contributed by atoms with E-state index in [1.165, 1.54) is 372 Å². The van der Waals surface area contributed by atoms with Crippen molar-refractivity contribution in [3.8, 4) is 0 Å². The molecule has 0 aliphatic heterocycles. The zero-order valence-electron chi connectivity index (χ0n) is 60.9. The number of hydrogen-bond acceptors (Lipinski definition) is 5. The molecule has 0 saturated heterocycles. The van der Waals surface area contributed by atoms with Crippen molar-refractivity contribution in [1.82, 2.24) is 5.32 Å². The van der Waals surface area contributed by atoms with E-state index >= 15 is 0 Å². The lowest BCUT2D eigenvalue weighted by Gasteiger charge is -2.20. The van der Waals surface area contributed by atoms with Crippen molar-refractivity contribution in [3.05, 3.63) is 48.6 Å². The first-order chi connectivity index (χ1) is 44.5. The number of aliphatic hydroxyl groups is 2. The molecule has 6 nitrogen and oxygen atoms in total. The number of aliphatic hydroxyl groups excluding tert-OH is 2. The molecular formula is C84H159NO5.